The first kappa shape index (κ1) is 20.4. The van der Waals surface area contributed by atoms with Crippen molar-refractivity contribution in [1.29, 1.82) is 0 Å². The Hall–Kier alpha value is -3.49. The Kier molecular flexibility index (Phi) is 5.03. The van der Waals surface area contributed by atoms with Crippen molar-refractivity contribution in [1.82, 2.24) is 0 Å². The van der Waals surface area contributed by atoms with Crippen molar-refractivity contribution in [3.63, 3.8) is 0 Å². The molecule has 0 aliphatic carbocycles. The number of rotatable bonds is 5. The molecule has 160 valence electrons. The smallest absolute Gasteiger partial charge is 0.457 e. The number of hydrogen-bond acceptors (Lipinski definition) is 4. The number of ether oxygens (including phenoxy) is 1. The molecule has 5 rings (SSSR count). The lowest BCUT2D eigenvalue weighted by molar-refractivity contribution is 0.393. The van der Waals surface area contributed by atoms with Gasteiger partial charge in [0.2, 0.25) is 0 Å². The van der Waals surface area contributed by atoms with E-state index in [0.717, 1.165) is 16.9 Å². The normalized spacial score (nSPS) is 13.9. The van der Waals surface area contributed by atoms with Crippen LogP contribution in [0.3, 0.4) is 0 Å². The van der Waals surface area contributed by atoms with Crippen LogP contribution in [0.5, 0.6) is 23.0 Å². The fourth-order valence-electron chi connectivity index (χ4n) is 4.14. The first-order valence-corrected chi connectivity index (χ1v) is 12.0. The minimum absolute atomic E-state index is 0.472. The van der Waals surface area contributed by atoms with Gasteiger partial charge in [-0.2, -0.15) is 0 Å². The molecule has 4 aromatic carbocycles. The van der Waals surface area contributed by atoms with Crippen LogP contribution in [0.2, 0.25) is 0 Å². The van der Waals surface area contributed by atoms with E-state index >= 15 is 0 Å². The Labute approximate surface area is 187 Å². The molecule has 0 spiro atoms. The molecular formula is C27H23O4P. The van der Waals surface area contributed by atoms with Gasteiger partial charge in [-0.1, -0.05) is 74.5 Å². The van der Waals surface area contributed by atoms with Crippen LogP contribution in [0.25, 0.3) is 0 Å². The third-order valence-corrected chi connectivity index (χ3v) is 7.51. The molecule has 1 aliphatic heterocycles. The Morgan fingerprint density at radius 3 is 1.81 bits per heavy atom. The molecule has 0 bridgehead atoms. The topological polar surface area (TPSA) is 44.8 Å². The Balaban J connectivity index is 1.69. The van der Waals surface area contributed by atoms with E-state index in [2.05, 4.69) is 13.8 Å². The highest BCUT2D eigenvalue weighted by molar-refractivity contribution is 7.63. The third kappa shape index (κ3) is 3.57. The summed E-state index contributed by atoms with van der Waals surface area (Å²) in [5.41, 5.74) is 1.34. The lowest BCUT2D eigenvalue weighted by Crippen LogP contribution is -2.32. The number of benzene rings is 4. The molecule has 0 amide bonds. The molecule has 4 nitrogen and oxygen atoms in total. The van der Waals surface area contributed by atoms with Crippen LogP contribution in [-0.2, 0) is 9.98 Å². The van der Waals surface area contributed by atoms with Gasteiger partial charge in [0, 0.05) is 16.5 Å². The number of fused-ring (bicyclic) bond motifs is 2. The predicted octanol–water partition coefficient (Wildman–Crippen LogP) is 7.09. The van der Waals surface area contributed by atoms with E-state index in [4.69, 9.17) is 13.8 Å². The molecular weight excluding hydrogens is 419 g/mol. The van der Waals surface area contributed by atoms with Crippen LogP contribution in [0.15, 0.2) is 103 Å². The molecule has 0 unspecified atom stereocenters. The Morgan fingerprint density at radius 1 is 0.656 bits per heavy atom. The van der Waals surface area contributed by atoms with Crippen LogP contribution in [0, 0.1) is 0 Å². The van der Waals surface area contributed by atoms with Crippen LogP contribution in [0.1, 0.15) is 25.0 Å². The van der Waals surface area contributed by atoms with E-state index in [1.807, 2.05) is 78.9 Å². The maximum atomic E-state index is 14.5. The van der Waals surface area contributed by atoms with Gasteiger partial charge in [0.05, 0.1) is 5.30 Å². The van der Waals surface area contributed by atoms with E-state index in [-0.39, 0.29) is 0 Å². The Morgan fingerprint density at radius 2 is 1.19 bits per heavy atom. The second kappa shape index (κ2) is 7.89. The molecule has 0 radical (unpaired) electrons. The predicted molar refractivity (Wildman–Crippen MR) is 126 cm³/mol. The second-order valence-electron chi connectivity index (χ2n) is 8.18. The maximum Gasteiger partial charge on any atom is 0.463 e. The van der Waals surface area contributed by atoms with Crippen molar-refractivity contribution in [3.8, 4) is 23.0 Å². The summed E-state index contributed by atoms with van der Waals surface area (Å²) in [6, 6.07) is 31.7. The van der Waals surface area contributed by atoms with Crippen LogP contribution < -0.4 is 19.1 Å². The van der Waals surface area contributed by atoms with Gasteiger partial charge in [-0.25, -0.2) is 4.57 Å². The average molecular weight is 442 g/mol. The van der Waals surface area contributed by atoms with Crippen molar-refractivity contribution in [2.24, 2.45) is 0 Å². The average Bonchev–Trinajstić information content (AvgIpc) is 2.80. The summed E-state index contributed by atoms with van der Waals surface area (Å²) in [7, 11) is -3.85. The lowest BCUT2D eigenvalue weighted by atomic mass is 9.76. The highest BCUT2D eigenvalue weighted by Gasteiger charge is 2.43. The molecule has 1 aliphatic rings. The van der Waals surface area contributed by atoms with Crippen molar-refractivity contribution >= 4 is 12.9 Å². The van der Waals surface area contributed by atoms with Gasteiger partial charge in [0.15, 0.2) is 0 Å². The molecule has 0 atom stereocenters. The van der Waals surface area contributed by atoms with Gasteiger partial charge < -0.3 is 13.8 Å². The Bertz CT molecular complexity index is 1250. The van der Waals surface area contributed by atoms with Crippen molar-refractivity contribution in [2.75, 3.05) is 0 Å². The standard InChI is InChI=1S/C27H23O4P/c1-27(2)22-16-9-10-17-23(22)29-24-18-11-19-25(26(24)27)32(28,30-20-12-5-3-6-13-20)31-21-14-7-4-8-15-21/h3-19H,1-2H3. The van der Waals surface area contributed by atoms with E-state index < -0.39 is 13.0 Å². The molecule has 32 heavy (non-hydrogen) atoms. The van der Waals surface area contributed by atoms with E-state index in [1.165, 1.54) is 0 Å². The zero-order valence-electron chi connectivity index (χ0n) is 17.9. The van der Waals surface area contributed by atoms with Crippen molar-refractivity contribution < 1.29 is 18.3 Å². The van der Waals surface area contributed by atoms with E-state index in [9.17, 15) is 4.57 Å². The second-order valence-corrected chi connectivity index (χ2v) is 10.0. The van der Waals surface area contributed by atoms with Crippen LogP contribution >= 0.6 is 7.60 Å². The molecule has 0 aromatic heterocycles. The van der Waals surface area contributed by atoms with Crippen molar-refractivity contribution in [2.45, 2.75) is 19.3 Å². The summed E-state index contributed by atoms with van der Waals surface area (Å²) in [5.74, 6) is 2.39. The molecule has 5 heteroatoms. The van der Waals surface area contributed by atoms with Crippen molar-refractivity contribution in [3.05, 3.63) is 114 Å². The van der Waals surface area contributed by atoms with Crippen LogP contribution in [-0.4, -0.2) is 0 Å². The minimum atomic E-state index is -3.85. The largest absolute Gasteiger partial charge is 0.463 e. The van der Waals surface area contributed by atoms with E-state index in [0.29, 0.717) is 22.6 Å². The summed E-state index contributed by atoms with van der Waals surface area (Å²) in [6.07, 6.45) is 0. The molecule has 1 heterocycles. The molecule has 0 saturated heterocycles. The summed E-state index contributed by atoms with van der Waals surface area (Å²) in [5, 5.41) is 0.488. The maximum absolute atomic E-state index is 14.5. The third-order valence-electron chi connectivity index (χ3n) is 5.64. The molecule has 0 fully saturated rings. The SMILES string of the molecule is CC1(C)c2ccccc2Oc2cccc(P(=O)(Oc3ccccc3)Oc3ccccc3)c21. The van der Waals surface area contributed by atoms with Gasteiger partial charge in [0.1, 0.15) is 23.0 Å². The van der Waals surface area contributed by atoms with Crippen LogP contribution in [0.4, 0.5) is 0 Å². The van der Waals surface area contributed by atoms with E-state index in [1.54, 1.807) is 24.3 Å². The lowest BCUT2D eigenvalue weighted by Gasteiger charge is -2.36. The van der Waals surface area contributed by atoms with Gasteiger partial charge >= 0.3 is 7.60 Å². The highest BCUT2D eigenvalue weighted by atomic mass is 31.2. The minimum Gasteiger partial charge on any atom is -0.457 e. The summed E-state index contributed by atoms with van der Waals surface area (Å²) < 4.78 is 33.0. The quantitative estimate of drug-likeness (QED) is 0.309. The monoisotopic (exact) mass is 442 g/mol. The fraction of sp³-hybridized carbons (Fsp3) is 0.111. The van der Waals surface area contributed by atoms with Gasteiger partial charge in [-0.3, -0.25) is 0 Å². The first-order valence-electron chi connectivity index (χ1n) is 10.5. The molecule has 4 aromatic rings. The first-order chi connectivity index (χ1) is 15.5. The highest BCUT2D eigenvalue weighted by Crippen LogP contribution is 2.54. The molecule has 0 saturated carbocycles. The summed E-state index contributed by atoms with van der Waals surface area (Å²) in [4.78, 5) is 0. The van der Waals surface area contributed by atoms with Gasteiger partial charge in [0.25, 0.3) is 0 Å². The number of hydrogen-bond donors (Lipinski definition) is 0. The van der Waals surface area contributed by atoms with Gasteiger partial charge in [-0.05, 0) is 42.5 Å². The zero-order valence-corrected chi connectivity index (χ0v) is 18.8. The summed E-state index contributed by atoms with van der Waals surface area (Å²) >= 11 is 0. The summed E-state index contributed by atoms with van der Waals surface area (Å²) in [6.45, 7) is 4.21. The van der Waals surface area contributed by atoms with Gasteiger partial charge in [-0.15, -0.1) is 0 Å². The number of para-hydroxylation sites is 3. The molecule has 0 N–H and O–H groups in total. The zero-order chi connectivity index (χ0) is 22.2. The fourth-order valence-corrected chi connectivity index (χ4v) is 6.11.